The summed E-state index contributed by atoms with van der Waals surface area (Å²) in [7, 11) is 0. The molecule has 0 aliphatic carbocycles. The third-order valence-electron chi connectivity index (χ3n) is 2.01. The first-order valence-corrected chi connectivity index (χ1v) is 4.31. The van der Waals surface area contributed by atoms with Crippen molar-refractivity contribution in [3.05, 3.63) is 29.7 Å². The molecule has 0 aliphatic heterocycles. The summed E-state index contributed by atoms with van der Waals surface area (Å²) in [6.45, 7) is 1.78. The van der Waals surface area contributed by atoms with Crippen molar-refractivity contribution in [1.29, 1.82) is 0 Å². The van der Waals surface area contributed by atoms with Crippen LogP contribution in [0.25, 0.3) is 11.1 Å². The van der Waals surface area contributed by atoms with Gasteiger partial charge in [0.2, 0.25) is 5.89 Å². The summed E-state index contributed by atoms with van der Waals surface area (Å²) in [5.41, 5.74) is 7.35. The maximum Gasteiger partial charge on any atom is 0.209 e. The van der Waals surface area contributed by atoms with Crippen LogP contribution in [0.4, 0.5) is 0 Å². The zero-order valence-corrected chi connectivity index (χ0v) is 7.78. The van der Waals surface area contributed by atoms with Crippen LogP contribution in [0.2, 0.25) is 0 Å². The van der Waals surface area contributed by atoms with Gasteiger partial charge >= 0.3 is 0 Å². The normalized spacial score (nSPS) is 10.7. The Balaban J connectivity index is 2.59. The third kappa shape index (κ3) is 1.40. The summed E-state index contributed by atoms with van der Waals surface area (Å²) < 4.78 is 5.32. The van der Waals surface area contributed by atoms with Gasteiger partial charge in [-0.05, 0) is 25.1 Å². The summed E-state index contributed by atoms with van der Waals surface area (Å²) in [6, 6.07) is 5.17. The second kappa shape index (κ2) is 3.23. The highest BCUT2D eigenvalue weighted by Crippen LogP contribution is 2.17. The number of rotatable bonds is 2. The first-order chi connectivity index (χ1) is 6.70. The lowest BCUT2D eigenvalue weighted by Gasteiger charge is -1.92. The Morgan fingerprint density at radius 3 is 3.00 bits per heavy atom. The van der Waals surface area contributed by atoms with Gasteiger partial charge in [0.15, 0.2) is 11.4 Å². The van der Waals surface area contributed by atoms with E-state index < -0.39 is 0 Å². The van der Waals surface area contributed by atoms with Crippen LogP contribution in [0, 0.1) is 0 Å². The van der Waals surface area contributed by atoms with Gasteiger partial charge in [0.1, 0.15) is 5.52 Å². The molecule has 0 radical (unpaired) electrons. The Morgan fingerprint density at radius 2 is 2.36 bits per heavy atom. The molecule has 0 fully saturated rings. The van der Waals surface area contributed by atoms with E-state index in [1.54, 1.807) is 18.2 Å². The van der Waals surface area contributed by atoms with E-state index in [4.69, 9.17) is 10.2 Å². The summed E-state index contributed by atoms with van der Waals surface area (Å²) in [5, 5.41) is 0. The lowest BCUT2D eigenvalue weighted by Crippen LogP contribution is -1.94. The Hall–Kier alpha value is -1.68. The van der Waals surface area contributed by atoms with E-state index in [-0.39, 0.29) is 12.3 Å². The van der Waals surface area contributed by atoms with Crippen LogP contribution in [0.3, 0.4) is 0 Å². The van der Waals surface area contributed by atoms with Crippen molar-refractivity contribution in [2.24, 2.45) is 5.73 Å². The Labute approximate surface area is 80.7 Å². The quantitative estimate of drug-likeness (QED) is 0.728. The second-order valence-electron chi connectivity index (χ2n) is 3.05. The predicted octanol–water partition coefficient (Wildman–Crippen LogP) is 1.49. The molecule has 4 nitrogen and oxygen atoms in total. The van der Waals surface area contributed by atoms with Crippen molar-refractivity contribution in [3.63, 3.8) is 0 Å². The molecule has 0 spiro atoms. The third-order valence-corrected chi connectivity index (χ3v) is 2.01. The maximum atomic E-state index is 11.1. The van der Waals surface area contributed by atoms with E-state index in [1.165, 1.54) is 6.92 Å². The number of ketones is 1. The van der Waals surface area contributed by atoms with E-state index >= 15 is 0 Å². The highest BCUT2D eigenvalue weighted by molar-refractivity contribution is 5.96. The summed E-state index contributed by atoms with van der Waals surface area (Å²) in [6.07, 6.45) is 0. The van der Waals surface area contributed by atoms with Gasteiger partial charge in [0.25, 0.3) is 0 Å². The molecule has 2 aromatic rings. The average molecular weight is 190 g/mol. The fourth-order valence-corrected chi connectivity index (χ4v) is 1.28. The van der Waals surface area contributed by atoms with Gasteiger partial charge in [-0.1, -0.05) is 0 Å². The molecule has 1 aromatic heterocycles. The maximum absolute atomic E-state index is 11.1. The summed E-state index contributed by atoms with van der Waals surface area (Å²) >= 11 is 0. The monoisotopic (exact) mass is 190 g/mol. The van der Waals surface area contributed by atoms with Crippen LogP contribution in [0.5, 0.6) is 0 Å². The van der Waals surface area contributed by atoms with Crippen molar-refractivity contribution in [2.75, 3.05) is 0 Å². The number of aromatic nitrogens is 1. The fraction of sp³-hybridized carbons (Fsp3) is 0.200. The van der Waals surface area contributed by atoms with Gasteiger partial charge in [-0.25, -0.2) is 4.98 Å². The van der Waals surface area contributed by atoms with Crippen LogP contribution in [0.1, 0.15) is 23.2 Å². The number of Topliss-reactive ketones (excluding diaryl/α,β-unsaturated/α-hetero) is 1. The molecule has 14 heavy (non-hydrogen) atoms. The number of nitrogens with zero attached hydrogens (tertiary/aromatic N) is 1. The molecule has 0 aliphatic rings. The molecule has 0 bridgehead atoms. The van der Waals surface area contributed by atoms with Gasteiger partial charge in [-0.2, -0.15) is 0 Å². The molecule has 2 N–H and O–H groups in total. The smallest absolute Gasteiger partial charge is 0.209 e. The Bertz CT molecular complexity index is 488. The molecule has 72 valence electrons. The minimum absolute atomic E-state index is 0.0117. The molecule has 0 saturated heterocycles. The standard InChI is InChI=1S/C10H10N2O2/c1-6(13)7-2-3-8-9(4-7)14-10(5-11)12-8/h2-4H,5,11H2,1H3. The van der Waals surface area contributed by atoms with Crippen molar-refractivity contribution in [3.8, 4) is 0 Å². The van der Waals surface area contributed by atoms with E-state index in [1.807, 2.05) is 0 Å². The summed E-state index contributed by atoms with van der Waals surface area (Å²) in [5.74, 6) is 0.498. The number of hydrogen-bond acceptors (Lipinski definition) is 4. The topological polar surface area (TPSA) is 69.1 Å². The van der Waals surface area contributed by atoms with Crippen LogP contribution >= 0.6 is 0 Å². The number of carbonyl (C=O) groups excluding carboxylic acids is 1. The molecular weight excluding hydrogens is 180 g/mol. The number of benzene rings is 1. The minimum Gasteiger partial charge on any atom is -0.439 e. The molecule has 0 unspecified atom stereocenters. The largest absolute Gasteiger partial charge is 0.439 e. The molecule has 0 atom stereocenters. The number of fused-ring (bicyclic) bond motifs is 1. The minimum atomic E-state index is 0.0117. The predicted molar refractivity (Wildman–Crippen MR) is 51.9 cm³/mol. The van der Waals surface area contributed by atoms with Crippen molar-refractivity contribution in [1.82, 2.24) is 4.98 Å². The zero-order valence-electron chi connectivity index (χ0n) is 7.78. The van der Waals surface area contributed by atoms with Gasteiger partial charge in [-0.15, -0.1) is 0 Å². The van der Waals surface area contributed by atoms with Gasteiger partial charge in [0, 0.05) is 5.56 Å². The highest BCUT2D eigenvalue weighted by Gasteiger charge is 2.06. The number of carbonyl (C=O) groups is 1. The molecule has 2 rings (SSSR count). The van der Waals surface area contributed by atoms with E-state index in [2.05, 4.69) is 4.98 Å². The molecule has 0 saturated carbocycles. The van der Waals surface area contributed by atoms with Crippen LogP contribution in [0.15, 0.2) is 22.6 Å². The number of nitrogens with two attached hydrogens (primary N) is 1. The zero-order chi connectivity index (χ0) is 10.1. The number of oxazole rings is 1. The van der Waals surface area contributed by atoms with Gasteiger partial charge < -0.3 is 10.2 Å². The van der Waals surface area contributed by atoms with Crippen LogP contribution < -0.4 is 5.73 Å². The molecule has 0 amide bonds. The van der Waals surface area contributed by atoms with E-state index in [0.717, 1.165) is 5.52 Å². The second-order valence-corrected chi connectivity index (χ2v) is 3.05. The first kappa shape index (κ1) is 8.90. The molecular formula is C10H10N2O2. The van der Waals surface area contributed by atoms with Gasteiger partial charge in [-0.3, -0.25) is 4.79 Å². The van der Waals surface area contributed by atoms with E-state index in [0.29, 0.717) is 17.0 Å². The summed E-state index contributed by atoms with van der Waals surface area (Å²) in [4.78, 5) is 15.2. The lowest BCUT2D eigenvalue weighted by molar-refractivity contribution is 0.101. The lowest BCUT2D eigenvalue weighted by atomic mass is 10.1. The Morgan fingerprint density at radius 1 is 1.57 bits per heavy atom. The fourth-order valence-electron chi connectivity index (χ4n) is 1.28. The van der Waals surface area contributed by atoms with Crippen LogP contribution in [-0.2, 0) is 6.54 Å². The van der Waals surface area contributed by atoms with Crippen LogP contribution in [-0.4, -0.2) is 10.8 Å². The Kier molecular flexibility index (Phi) is 2.05. The first-order valence-electron chi connectivity index (χ1n) is 4.31. The van der Waals surface area contributed by atoms with Crippen molar-refractivity contribution in [2.45, 2.75) is 13.5 Å². The SMILES string of the molecule is CC(=O)c1ccc2nc(CN)oc2c1. The molecule has 4 heteroatoms. The molecule has 1 aromatic carbocycles. The molecule has 1 heterocycles. The van der Waals surface area contributed by atoms with Gasteiger partial charge in [0.05, 0.1) is 6.54 Å². The highest BCUT2D eigenvalue weighted by atomic mass is 16.3. The number of hydrogen-bond donors (Lipinski definition) is 1. The average Bonchev–Trinajstić information content (AvgIpc) is 2.58. The van der Waals surface area contributed by atoms with Crippen molar-refractivity contribution >= 4 is 16.9 Å². The van der Waals surface area contributed by atoms with E-state index in [9.17, 15) is 4.79 Å². The van der Waals surface area contributed by atoms with Crippen molar-refractivity contribution < 1.29 is 9.21 Å².